The van der Waals surface area contributed by atoms with Crippen molar-refractivity contribution in [1.29, 1.82) is 0 Å². The molecule has 2 rings (SSSR count). The van der Waals surface area contributed by atoms with Gasteiger partial charge in [0.05, 0.1) is 24.1 Å². The third-order valence-corrected chi connectivity index (χ3v) is 4.09. The van der Waals surface area contributed by atoms with Gasteiger partial charge in [0.2, 0.25) is 5.91 Å². The zero-order chi connectivity index (χ0) is 14.8. The second-order valence-corrected chi connectivity index (χ2v) is 5.63. The van der Waals surface area contributed by atoms with E-state index in [0.29, 0.717) is 6.61 Å². The van der Waals surface area contributed by atoms with Gasteiger partial charge in [-0.2, -0.15) is 13.2 Å². The van der Waals surface area contributed by atoms with E-state index in [1.165, 1.54) is 0 Å². The summed E-state index contributed by atoms with van der Waals surface area (Å²) < 4.78 is 43.1. The van der Waals surface area contributed by atoms with Crippen LogP contribution < -0.4 is 10.6 Å². The zero-order valence-electron chi connectivity index (χ0n) is 11.5. The SMILES string of the molecule is CC(NC(=O)C1CCC(C(F)(F)F)CN1)C1CCCO1. The molecule has 0 aromatic heterocycles. The summed E-state index contributed by atoms with van der Waals surface area (Å²) in [5, 5.41) is 5.54. The number of hydrogen-bond donors (Lipinski definition) is 2. The first-order valence-electron chi connectivity index (χ1n) is 7.10. The van der Waals surface area contributed by atoms with E-state index in [9.17, 15) is 18.0 Å². The van der Waals surface area contributed by atoms with Crippen molar-refractivity contribution in [2.75, 3.05) is 13.2 Å². The molecule has 0 bridgehead atoms. The van der Waals surface area contributed by atoms with E-state index in [1.807, 2.05) is 6.92 Å². The van der Waals surface area contributed by atoms with Crippen LogP contribution in [0.5, 0.6) is 0 Å². The summed E-state index contributed by atoms with van der Waals surface area (Å²) in [5.41, 5.74) is 0. The van der Waals surface area contributed by atoms with Gasteiger partial charge in [0, 0.05) is 13.2 Å². The van der Waals surface area contributed by atoms with Gasteiger partial charge in [-0.3, -0.25) is 4.79 Å². The molecule has 0 aromatic rings. The lowest BCUT2D eigenvalue weighted by Crippen LogP contribution is -2.54. The molecule has 0 saturated carbocycles. The molecule has 1 amide bonds. The lowest BCUT2D eigenvalue weighted by atomic mass is 9.93. The number of hydrogen-bond acceptors (Lipinski definition) is 3. The van der Waals surface area contributed by atoms with E-state index in [2.05, 4.69) is 10.6 Å². The Bertz CT molecular complexity index is 335. The smallest absolute Gasteiger partial charge is 0.376 e. The molecule has 116 valence electrons. The van der Waals surface area contributed by atoms with Crippen LogP contribution in [0, 0.1) is 5.92 Å². The van der Waals surface area contributed by atoms with E-state index < -0.39 is 18.1 Å². The highest BCUT2D eigenvalue weighted by atomic mass is 19.4. The molecule has 4 unspecified atom stereocenters. The number of ether oxygens (including phenoxy) is 1. The Hall–Kier alpha value is -0.820. The first-order valence-corrected chi connectivity index (χ1v) is 7.10. The fourth-order valence-electron chi connectivity index (χ4n) is 2.77. The van der Waals surface area contributed by atoms with Crippen molar-refractivity contribution in [1.82, 2.24) is 10.6 Å². The van der Waals surface area contributed by atoms with Gasteiger partial charge in [-0.05, 0) is 32.6 Å². The highest BCUT2D eigenvalue weighted by Gasteiger charge is 2.42. The number of carbonyl (C=O) groups excluding carboxylic acids is 1. The van der Waals surface area contributed by atoms with Crippen molar-refractivity contribution in [3.05, 3.63) is 0 Å². The summed E-state index contributed by atoms with van der Waals surface area (Å²) in [6.07, 6.45) is -2.04. The Morgan fingerprint density at radius 2 is 2.10 bits per heavy atom. The topological polar surface area (TPSA) is 50.4 Å². The highest BCUT2D eigenvalue weighted by molar-refractivity contribution is 5.82. The van der Waals surface area contributed by atoms with Crippen LogP contribution in [0.4, 0.5) is 13.2 Å². The maximum absolute atomic E-state index is 12.5. The maximum atomic E-state index is 12.5. The Labute approximate surface area is 116 Å². The van der Waals surface area contributed by atoms with Crippen molar-refractivity contribution < 1.29 is 22.7 Å². The molecule has 0 aliphatic carbocycles. The highest BCUT2D eigenvalue weighted by Crippen LogP contribution is 2.31. The van der Waals surface area contributed by atoms with Crippen molar-refractivity contribution in [3.63, 3.8) is 0 Å². The molecule has 4 atom stereocenters. The molecule has 2 aliphatic heterocycles. The van der Waals surface area contributed by atoms with Gasteiger partial charge >= 0.3 is 6.18 Å². The molecule has 2 N–H and O–H groups in total. The predicted octanol–water partition coefficient (Wildman–Crippen LogP) is 1.60. The van der Waals surface area contributed by atoms with Crippen LogP contribution in [0.2, 0.25) is 0 Å². The van der Waals surface area contributed by atoms with Crippen molar-refractivity contribution in [2.45, 2.75) is 57.0 Å². The molecule has 2 aliphatic rings. The second kappa shape index (κ2) is 6.30. The van der Waals surface area contributed by atoms with Crippen LogP contribution in [0.25, 0.3) is 0 Å². The monoisotopic (exact) mass is 294 g/mol. The number of rotatable bonds is 3. The first-order chi connectivity index (χ1) is 9.38. The van der Waals surface area contributed by atoms with Crippen molar-refractivity contribution >= 4 is 5.91 Å². The van der Waals surface area contributed by atoms with Gasteiger partial charge in [0.25, 0.3) is 0 Å². The summed E-state index contributed by atoms with van der Waals surface area (Å²) in [6.45, 7) is 2.39. The average molecular weight is 294 g/mol. The third-order valence-electron chi connectivity index (χ3n) is 4.09. The molecule has 2 fully saturated rings. The lowest BCUT2D eigenvalue weighted by molar-refractivity contribution is -0.180. The van der Waals surface area contributed by atoms with E-state index in [0.717, 1.165) is 12.8 Å². The van der Waals surface area contributed by atoms with E-state index >= 15 is 0 Å². The number of nitrogens with one attached hydrogen (secondary N) is 2. The van der Waals surface area contributed by atoms with Gasteiger partial charge in [-0.25, -0.2) is 0 Å². The Balaban J connectivity index is 1.77. The molecular weight excluding hydrogens is 273 g/mol. The van der Waals surface area contributed by atoms with Gasteiger partial charge in [0.1, 0.15) is 0 Å². The van der Waals surface area contributed by atoms with Crippen LogP contribution in [0.15, 0.2) is 0 Å². The number of amides is 1. The molecule has 4 nitrogen and oxygen atoms in total. The number of piperidine rings is 1. The van der Waals surface area contributed by atoms with Crippen LogP contribution in [-0.4, -0.2) is 43.4 Å². The summed E-state index contributed by atoms with van der Waals surface area (Å²) in [4.78, 5) is 12.0. The van der Waals surface area contributed by atoms with Gasteiger partial charge < -0.3 is 15.4 Å². The van der Waals surface area contributed by atoms with Crippen LogP contribution >= 0.6 is 0 Å². The normalized spacial score (nSPS) is 32.9. The largest absolute Gasteiger partial charge is 0.393 e. The standard InChI is InChI=1S/C13H21F3N2O2/c1-8(11-3-2-6-20-11)18-12(19)10-5-4-9(7-17-10)13(14,15)16/h8-11,17H,2-7H2,1H3,(H,18,19). The third kappa shape index (κ3) is 3.85. The Morgan fingerprint density at radius 1 is 1.35 bits per heavy atom. The minimum atomic E-state index is -4.18. The van der Waals surface area contributed by atoms with Gasteiger partial charge in [0.15, 0.2) is 0 Å². The fraction of sp³-hybridized carbons (Fsp3) is 0.923. The average Bonchev–Trinajstić information content (AvgIpc) is 2.91. The predicted molar refractivity (Wildman–Crippen MR) is 67.1 cm³/mol. The number of alkyl halides is 3. The molecule has 0 radical (unpaired) electrons. The zero-order valence-corrected chi connectivity index (χ0v) is 11.5. The quantitative estimate of drug-likeness (QED) is 0.831. The Morgan fingerprint density at radius 3 is 2.60 bits per heavy atom. The molecule has 2 saturated heterocycles. The molecule has 7 heteroatoms. The van der Waals surface area contributed by atoms with E-state index in [4.69, 9.17) is 4.74 Å². The number of halogens is 3. The van der Waals surface area contributed by atoms with Crippen LogP contribution in [0.1, 0.15) is 32.6 Å². The summed E-state index contributed by atoms with van der Waals surface area (Å²) >= 11 is 0. The van der Waals surface area contributed by atoms with E-state index in [-0.39, 0.29) is 37.4 Å². The Kier molecular flexibility index (Phi) is 4.90. The maximum Gasteiger partial charge on any atom is 0.393 e. The second-order valence-electron chi connectivity index (χ2n) is 5.63. The van der Waals surface area contributed by atoms with Crippen LogP contribution in [0.3, 0.4) is 0 Å². The molecule has 20 heavy (non-hydrogen) atoms. The van der Waals surface area contributed by atoms with Crippen LogP contribution in [-0.2, 0) is 9.53 Å². The lowest BCUT2D eigenvalue weighted by Gasteiger charge is -2.31. The molecule has 0 spiro atoms. The summed E-state index contributed by atoms with van der Waals surface area (Å²) in [5.74, 6) is -1.57. The summed E-state index contributed by atoms with van der Waals surface area (Å²) in [7, 11) is 0. The van der Waals surface area contributed by atoms with Gasteiger partial charge in [-0.1, -0.05) is 0 Å². The van der Waals surface area contributed by atoms with Crippen molar-refractivity contribution in [3.8, 4) is 0 Å². The fourth-order valence-corrected chi connectivity index (χ4v) is 2.77. The minimum absolute atomic E-state index is 0.00287. The summed E-state index contributed by atoms with van der Waals surface area (Å²) in [6, 6.07) is -0.635. The van der Waals surface area contributed by atoms with E-state index in [1.54, 1.807) is 0 Å². The van der Waals surface area contributed by atoms with Crippen molar-refractivity contribution in [2.24, 2.45) is 5.92 Å². The molecule has 2 heterocycles. The minimum Gasteiger partial charge on any atom is -0.376 e. The molecule has 0 aromatic carbocycles. The van der Waals surface area contributed by atoms with Gasteiger partial charge in [-0.15, -0.1) is 0 Å². The number of carbonyl (C=O) groups is 1. The molecular formula is C13H21F3N2O2. The first kappa shape index (κ1) is 15.6.